The second-order valence-corrected chi connectivity index (χ2v) is 10.9. The van der Waals surface area contributed by atoms with Crippen molar-refractivity contribution in [1.82, 2.24) is 9.13 Å². The standard InChI is InChI=1S/C40H29N3/c1-27(29-21-23-31(24-22-29)30-13-5-3-6-14-30)41-28(2)42-37-19-11-9-17-33(37)35-25-26-36-34-18-10-12-20-38(34)43(40(36)39(35)42)32-15-7-4-8-16-32/h3-26H,1H2,2H3/b41-28+. The van der Waals surface area contributed by atoms with Gasteiger partial charge in [0.05, 0.1) is 27.8 Å². The van der Waals surface area contributed by atoms with Gasteiger partial charge in [0.15, 0.2) is 0 Å². The van der Waals surface area contributed by atoms with Crippen molar-refractivity contribution in [2.45, 2.75) is 6.92 Å². The minimum atomic E-state index is 0.735. The predicted molar refractivity (Wildman–Crippen MR) is 183 cm³/mol. The molecule has 43 heavy (non-hydrogen) atoms. The lowest BCUT2D eigenvalue weighted by Crippen LogP contribution is -2.08. The third-order valence-electron chi connectivity index (χ3n) is 8.43. The number of aliphatic imine (C=N–C) groups is 1. The molecule has 0 bridgehead atoms. The quantitative estimate of drug-likeness (QED) is 0.153. The highest BCUT2D eigenvalue weighted by Gasteiger charge is 2.21. The molecular formula is C40H29N3. The highest BCUT2D eigenvalue weighted by atomic mass is 15.1. The molecule has 0 saturated heterocycles. The Kier molecular flexibility index (Phi) is 5.83. The van der Waals surface area contributed by atoms with E-state index in [-0.39, 0.29) is 0 Å². The molecule has 204 valence electrons. The summed E-state index contributed by atoms with van der Waals surface area (Å²) in [6, 6.07) is 51.4. The first-order valence-corrected chi connectivity index (χ1v) is 14.6. The zero-order valence-electron chi connectivity index (χ0n) is 23.9. The maximum atomic E-state index is 5.13. The van der Waals surface area contributed by atoms with Crippen LogP contribution in [-0.4, -0.2) is 15.0 Å². The van der Waals surface area contributed by atoms with Crippen molar-refractivity contribution >= 4 is 55.1 Å². The topological polar surface area (TPSA) is 22.2 Å². The zero-order valence-corrected chi connectivity index (χ0v) is 23.9. The van der Waals surface area contributed by atoms with Gasteiger partial charge in [0.25, 0.3) is 0 Å². The van der Waals surface area contributed by atoms with Crippen LogP contribution in [0.25, 0.3) is 66.1 Å². The van der Waals surface area contributed by atoms with E-state index in [9.17, 15) is 0 Å². The van der Waals surface area contributed by atoms with E-state index in [0.717, 1.165) is 33.8 Å². The van der Waals surface area contributed by atoms with Crippen LogP contribution < -0.4 is 0 Å². The van der Waals surface area contributed by atoms with E-state index in [1.807, 2.05) is 6.07 Å². The van der Waals surface area contributed by atoms with E-state index < -0.39 is 0 Å². The second kappa shape index (κ2) is 10.0. The van der Waals surface area contributed by atoms with Crippen LogP contribution in [0.15, 0.2) is 157 Å². The summed E-state index contributed by atoms with van der Waals surface area (Å²) in [4.78, 5) is 5.13. The Hall–Kier alpha value is -5.67. The molecule has 6 aromatic carbocycles. The van der Waals surface area contributed by atoms with Gasteiger partial charge in [-0.25, -0.2) is 4.99 Å². The molecular weight excluding hydrogens is 522 g/mol. The van der Waals surface area contributed by atoms with E-state index in [1.54, 1.807) is 0 Å². The fraction of sp³-hybridized carbons (Fsp3) is 0.0250. The van der Waals surface area contributed by atoms with Crippen LogP contribution in [0.3, 0.4) is 0 Å². The van der Waals surface area contributed by atoms with Crippen molar-refractivity contribution in [2.24, 2.45) is 4.99 Å². The highest BCUT2D eigenvalue weighted by Crippen LogP contribution is 2.40. The molecule has 0 radical (unpaired) electrons. The lowest BCUT2D eigenvalue weighted by molar-refractivity contribution is 1.17. The lowest BCUT2D eigenvalue weighted by Gasteiger charge is -2.13. The Morgan fingerprint density at radius 3 is 1.74 bits per heavy atom. The van der Waals surface area contributed by atoms with Crippen LogP contribution in [-0.2, 0) is 0 Å². The summed E-state index contributed by atoms with van der Waals surface area (Å²) in [6.45, 7) is 6.48. The zero-order chi connectivity index (χ0) is 28.9. The molecule has 8 aromatic rings. The smallest absolute Gasteiger partial charge is 0.111 e. The van der Waals surface area contributed by atoms with Crippen molar-refractivity contribution in [1.29, 1.82) is 0 Å². The number of rotatable bonds is 4. The molecule has 0 aliphatic rings. The Bertz CT molecular complexity index is 2340. The number of benzene rings is 6. The summed E-state index contributed by atoms with van der Waals surface area (Å²) >= 11 is 0. The first-order chi connectivity index (χ1) is 21.2. The van der Waals surface area contributed by atoms with E-state index in [0.29, 0.717) is 0 Å². The molecule has 0 unspecified atom stereocenters. The Labute approximate surface area is 250 Å². The first-order valence-electron chi connectivity index (χ1n) is 14.6. The first kappa shape index (κ1) is 25.1. The van der Waals surface area contributed by atoms with Gasteiger partial charge in [-0.05, 0) is 47.9 Å². The predicted octanol–water partition coefficient (Wildman–Crippen LogP) is 10.5. The molecule has 0 atom stereocenters. The van der Waals surface area contributed by atoms with E-state index >= 15 is 0 Å². The van der Waals surface area contributed by atoms with Crippen molar-refractivity contribution in [3.05, 3.63) is 158 Å². The minimum absolute atomic E-state index is 0.735. The molecule has 0 aliphatic carbocycles. The number of para-hydroxylation sites is 3. The van der Waals surface area contributed by atoms with E-state index in [1.165, 1.54) is 43.7 Å². The van der Waals surface area contributed by atoms with Gasteiger partial charge in [-0.2, -0.15) is 0 Å². The molecule has 3 nitrogen and oxygen atoms in total. The summed E-state index contributed by atoms with van der Waals surface area (Å²) in [5, 5.41) is 4.86. The summed E-state index contributed by atoms with van der Waals surface area (Å²) in [6.07, 6.45) is 0. The molecule has 0 amide bonds. The Morgan fingerprint density at radius 1 is 0.512 bits per heavy atom. The van der Waals surface area contributed by atoms with E-state index in [4.69, 9.17) is 4.99 Å². The van der Waals surface area contributed by atoms with Crippen molar-refractivity contribution < 1.29 is 0 Å². The Morgan fingerprint density at radius 2 is 1.05 bits per heavy atom. The molecule has 8 rings (SSSR count). The van der Waals surface area contributed by atoms with Crippen LogP contribution in [0.4, 0.5) is 0 Å². The summed E-state index contributed by atoms with van der Waals surface area (Å²) < 4.78 is 4.71. The molecule has 3 heteroatoms. The fourth-order valence-electron chi connectivity index (χ4n) is 6.48. The SMILES string of the molecule is C=C(/N=C(\C)n1c2ccccc2c2ccc3c4ccccc4n(-c4ccccc4)c3c21)c1ccc(-c2ccccc2)cc1. The van der Waals surface area contributed by atoms with Crippen LogP contribution in [0.5, 0.6) is 0 Å². The Balaban J connectivity index is 1.37. The average molecular weight is 552 g/mol. The summed E-state index contributed by atoms with van der Waals surface area (Å²) in [7, 11) is 0. The summed E-state index contributed by atoms with van der Waals surface area (Å²) in [5.41, 5.74) is 9.88. The van der Waals surface area contributed by atoms with Gasteiger partial charge in [0, 0.05) is 27.2 Å². The third-order valence-corrected chi connectivity index (χ3v) is 8.43. The maximum Gasteiger partial charge on any atom is 0.111 e. The number of hydrogen-bond donors (Lipinski definition) is 0. The number of aromatic nitrogens is 2. The van der Waals surface area contributed by atoms with Gasteiger partial charge in [0.1, 0.15) is 5.84 Å². The minimum Gasteiger partial charge on any atom is -0.307 e. The number of nitrogens with zero attached hydrogens (tertiary/aromatic N) is 3. The maximum absolute atomic E-state index is 5.13. The van der Waals surface area contributed by atoms with Gasteiger partial charge in [-0.15, -0.1) is 0 Å². The molecule has 0 aliphatic heterocycles. The molecule has 0 N–H and O–H groups in total. The summed E-state index contributed by atoms with van der Waals surface area (Å²) in [5.74, 6) is 0.876. The van der Waals surface area contributed by atoms with Gasteiger partial charge >= 0.3 is 0 Å². The molecule has 2 heterocycles. The van der Waals surface area contributed by atoms with Crippen molar-refractivity contribution in [3.8, 4) is 16.8 Å². The van der Waals surface area contributed by atoms with Crippen molar-refractivity contribution in [3.63, 3.8) is 0 Å². The van der Waals surface area contributed by atoms with Gasteiger partial charge < -0.3 is 4.57 Å². The monoisotopic (exact) mass is 551 g/mol. The fourth-order valence-corrected chi connectivity index (χ4v) is 6.48. The van der Waals surface area contributed by atoms with Gasteiger partial charge in [-0.3, -0.25) is 4.57 Å². The van der Waals surface area contributed by atoms with Crippen LogP contribution in [0.1, 0.15) is 12.5 Å². The molecule has 2 aromatic heterocycles. The van der Waals surface area contributed by atoms with E-state index in [2.05, 4.69) is 162 Å². The number of fused-ring (bicyclic) bond motifs is 7. The normalized spacial score (nSPS) is 12.1. The lowest BCUT2D eigenvalue weighted by atomic mass is 10.0. The molecule has 0 fully saturated rings. The van der Waals surface area contributed by atoms with Crippen LogP contribution >= 0.6 is 0 Å². The van der Waals surface area contributed by atoms with Crippen molar-refractivity contribution in [2.75, 3.05) is 0 Å². The largest absolute Gasteiger partial charge is 0.307 e. The average Bonchev–Trinajstić information content (AvgIpc) is 3.59. The van der Waals surface area contributed by atoms with Crippen LogP contribution in [0.2, 0.25) is 0 Å². The third kappa shape index (κ3) is 4.01. The van der Waals surface area contributed by atoms with Gasteiger partial charge in [0.2, 0.25) is 0 Å². The number of hydrogen-bond acceptors (Lipinski definition) is 1. The second-order valence-electron chi connectivity index (χ2n) is 10.9. The highest BCUT2D eigenvalue weighted by molar-refractivity contribution is 6.25. The molecule has 0 saturated carbocycles. The molecule has 0 spiro atoms. The van der Waals surface area contributed by atoms with Crippen LogP contribution in [0, 0.1) is 0 Å². The van der Waals surface area contributed by atoms with Gasteiger partial charge in [-0.1, -0.05) is 128 Å².